The molecule has 1 atom stereocenters. The second-order valence-electron chi connectivity index (χ2n) is 4.81. The van der Waals surface area contributed by atoms with Crippen LogP contribution in [0, 0.1) is 0 Å². The van der Waals surface area contributed by atoms with Crippen LogP contribution in [-0.2, 0) is 4.74 Å². The molecule has 1 aliphatic heterocycles. The molecule has 1 fully saturated rings. The summed E-state index contributed by atoms with van der Waals surface area (Å²) in [6.07, 6.45) is 3.79. The Morgan fingerprint density at radius 3 is 2.90 bits per heavy atom. The van der Waals surface area contributed by atoms with Crippen LogP contribution in [0.5, 0.6) is 0 Å². The summed E-state index contributed by atoms with van der Waals surface area (Å²) in [6.45, 7) is 6.50. The van der Waals surface area contributed by atoms with Crippen LogP contribution >= 0.6 is 23.1 Å². The zero-order valence-electron chi connectivity index (χ0n) is 12.3. The molecule has 1 saturated heterocycles. The van der Waals surface area contributed by atoms with E-state index in [1.807, 2.05) is 13.2 Å². The second kappa shape index (κ2) is 6.83. The van der Waals surface area contributed by atoms with Crippen molar-refractivity contribution in [3.05, 3.63) is 4.88 Å². The third kappa shape index (κ3) is 2.97. The van der Waals surface area contributed by atoms with Gasteiger partial charge in [0.25, 0.3) is 0 Å². The quantitative estimate of drug-likeness (QED) is 0.668. The predicted molar refractivity (Wildman–Crippen MR) is 87.4 cm³/mol. The molecule has 0 bridgehead atoms. The maximum absolute atomic E-state index is 12.0. The Hall–Kier alpha value is -0.720. The van der Waals surface area contributed by atoms with E-state index >= 15 is 0 Å². The van der Waals surface area contributed by atoms with Gasteiger partial charge in [-0.1, -0.05) is 13.8 Å². The predicted octanol–water partition coefficient (Wildman–Crippen LogP) is 3.26. The van der Waals surface area contributed by atoms with Crippen LogP contribution in [0.4, 0.5) is 10.7 Å². The van der Waals surface area contributed by atoms with Gasteiger partial charge in [-0.2, -0.15) is 0 Å². The van der Waals surface area contributed by atoms with Gasteiger partial charge in [-0.05, 0) is 12.7 Å². The molecule has 0 amide bonds. The van der Waals surface area contributed by atoms with E-state index in [-0.39, 0.29) is 11.9 Å². The van der Waals surface area contributed by atoms with E-state index < -0.39 is 0 Å². The first kappa shape index (κ1) is 15.7. The summed E-state index contributed by atoms with van der Waals surface area (Å²) in [5.41, 5.74) is 6.83. The number of carbonyl (C=O) groups is 1. The van der Waals surface area contributed by atoms with E-state index in [1.165, 1.54) is 11.3 Å². The summed E-state index contributed by atoms with van der Waals surface area (Å²) < 4.78 is 5.72. The van der Waals surface area contributed by atoms with Crippen molar-refractivity contribution in [2.45, 2.75) is 37.7 Å². The summed E-state index contributed by atoms with van der Waals surface area (Å²) >= 11 is 3.16. The normalized spacial score (nSPS) is 19.4. The lowest BCUT2D eigenvalue weighted by atomic mass is 10.2. The molecule has 112 valence electrons. The Kier molecular flexibility index (Phi) is 5.35. The van der Waals surface area contributed by atoms with Gasteiger partial charge in [0.1, 0.15) is 5.00 Å². The number of morpholine rings is 1. The summed E-state index contributed by atoms with van der Waals surface area (Å²) in [5.74, 6) is 0.134. The average Bonchev–Trinajstić information content (AvgIpc) is 2.83. The highest BCUT2D eigenvalue weighted by Gasteiger charge is 2.26. The zero-order valence-corrected chi connectivity index (χ0v) is 13.9. The van der Waals surface area contributed by atoms with E-state index in [4.69, 9.17) is 10.5 Å². The number of rotatable bonds is 5. The molecule has 2 heterocycles. The van der Waals surface area contributed by atoms with Crippen molar-refractivity contribution in [2.75, 3.05) is 36.6 Å². The number of Topliss-reactive ketones (excluding diaryl/α,β-unsaturated/α-hetero) is 1. The van der Waals surface area contributed by atoms with E-state index in [0.717, 1.165) is 36.0 Å². The van der Waals surface area contributed by atoms with Gasteiger partial charge in [-0.3, -0.25) is 4.79 Å². The largest absolute Gasteiger partial charge is 0.396 e. The maximum atomic E-state index is 12.0. The molecule has 0 radical (unpaired) electrons. The van der Waals surface area contributed by atoms with Gasteiger partial charge in [0.15, 0.2) is 5.78 Å². The number of hydrogen-bond donors (Lipinski definition) is 1. The van der Waals surface area contributed by atoms with Gasteiger partial charge < -0.3 is 15.4 Å². The molecule has 0 saturated carbocycles. The minimum Gasteiger partial charge on any atom is -0.396 e. The number of hydrogen-bond acceptors (Lipinski definition) is 6. The minimum absolute atomic E-state index is 0.134. The number of thiophene rings is 1. The molecule has 1 aliphatic rings. The van der Waals surface area contributed by atoms with Gasteiger partial charge >= 0.3 is 0 Å². The number of nitrogen functional groups attached to an aromatic ring is 1. The number of nitrogens with zero attached hydrogens (tertiary/aromatic N) is 1. The topological polar surface area (TPSA) is 55.6 Å². The Labute approximate surface area is 128 Å². The number of carbonyl (C=O) groups excluding carboxylic acids is 1. The van der Waals surface area contributed by atoms with Gasteiger partial charge in [0.05, 0.1) is 28.2 Å². The van der Waals surface area contributed by atoms with Crippen LogP contribution < -0.4 is 10.6 Å². The van der Waals surface area contributed by atoms with Crippen LogP contribution in [0.1, 0.15) is 36.4 Å². The van der Waals surface area contributed by atoms with Gasteiger partial charge in [-0.25, -0.2) is 0 Å². The summed E-state index contributed by atoms with van der Waals surface area (Å²) in [4.78, 5) is 16.1. The Bertz CT molecular complexity index is 488. The highest BCUT2D eigenvalue weighted by Crippen LogP contribution is 2.44. The molecule has 0 aliphatic carbocycles. The number of anilines is 2. The van der Waals surface area contributed by atoms with Gasteiger partial charge in [-0.15, -0.1) is 23.1 Å². The lowest BCUT2D eigenvalue weighted by Crippen LogP contribution is -2.42. The van der Waals surface area contributed by atoms with Crippen molar-refractivity contribution in [2.24, 2.45) is 0 Å². The lowest BCUT2D eigenvalue weighted by molar-refractivity contribution is 0.0385. The van der Waals surface area contributed by atoms with E-state index in [1.54, 1.807) is 11.8 Å². The third-order valence-electron chi connectivity index (χ3n) is 3.54. The molecule has 6 heteroatoms. The Morgan fingerprint density at radius 2 is 2.30 bits per heavy atom. The van der Waals surface area contributed by atoms with Crippen LogP contribution in [0.3, 0.4) is 0 Å². The SMILES string of the molecule is CCC(=O)c1sc(N2CCOC(CC)C2)c(SC)c1N. The van der Waals surface area contributed by atoms with E-state index in [9.17, 15) is 4.79 Å². The molecule has 4 nitrogen and oxygen atoms in total. The summed E-state index contributed by atoms with van der Waals surface area (Å²) in [5, 5.41) is 1.13. The Balaban J connectivity index is 2.33. The van der Waals surface area contributed by atoms with Crippen LogP contribution in [-0.4, -0.2) is 37.8 Å². The van der Waals surface area contributed by atoms with Gasteiger partial charge in [0.2, 0.25) is 0 Å². The number of ketones is 1. The highest BCUT2D eigenvalue weighted by molar-refractivity contribution is 7.99. The molecule has 2 N–H and O–H groups in total. The zero-order chi connectivity index (χ0) is 14.7. The summed E-state index contributed by atoms with van der Waals surface area (Å²) in [7, 11) is 0. The van der Waals surface area contributed by atoms with Gasteiger partial charge in [0, 0.05) is 19.5 Å². The van der Waals surface area contributed by atoms with Crippen molar-refractivity contribution in [3.8, 4) is 0 Å². The smallest absolute Gasteiger partial charge is 0.174 e. The lowest BCUT2D eigenvalue weighted by Gasteiger charge is -2.33. The first-order valence-corrected chi connectivity index (χ1v) is 9.02. The highest BCUT2D eigenvalue weighted by atomic mass is 32.2. The van der Waals surface area contributed by atoms with Crippen molar-refractivity contribution in [3.63, 3.8) is 0 Å². The first-order valence-electron chi connectivity index (χ1n) is 6.98. The molecule has 1 unspecified atom stereocenters. The average molecular weight is 314 g/mol. The van der Waals surface area contributed by atoms with E-state index in [0.29, 0.717) is 17.0 Å². The molecule has 1 aromatic rings. The molecule has 2 rings (SSSR count). The fraction of sp³-hybridized carbons (Fsp3) is 0.643. The second-order valence-corrected chi connectivity index (χ2v) is 6.62. The standard InChI is InChI=1S/C14H22N2O2S2/c1-4-9-8-16(6-7-18-9)14-13(19-3)11(15)12(20-14)10(17)5-2/h9H,4-8,15H2,1-3H3. The monoisotopic (exact) mass is 314 g/mol. The van der Waals surface area contributed by atoms with Crippen molar-refractivity contribution in [1.82, 2.24) is 0 Å². The first-order chi connectivity index (χ1) is 9.62. The number of ether oxygens (including phenoxy) is 1. The maximum Gasteiger partial charge on any atom is 0.174 e. The number of thioether (sulfide) groups is 1. The molecule has 0 aromatic carbocycles. The third-order valence-corrected chi connectivity index (χ3v) is 5.80. The number of nitrogens with two attached hydrogens (primary N) is 1. The fourth-order valence-corrected chi connectivity index (χ4v) is 4.57. The fourth-order valence-electron chi connectivity index (χ4n) is 2.34. The molecule has 0 spiro atoms. The summed E-state index contributed by atoms with van der Waals surface area (Å²) in [6, 6.07) is 0. The van der Waals surface area contributed by atoms with E-state index in [2.05, 4.69) is 11.8 Å². The van der Waals surface area contributed by atoms with Crippen LogP contribution in [0.2, 0.25) is 0 Å². The Morgan fingerprint density at radius 1 is 1.55 bits per heavy atom. The van der Waals surface area contributed by atoms with Crippen molar-refractivity contribution >= 4 is 39.6 Å². The minimum atomic E-state index is 0.134. The molecular weight excluding hydrogens is 292 g/mol. The molecule has 20 heavy (non-hydrogen) atoms. The van der Waals surface area contributed by atoms with Crippen molar-refractivity contribution < 1.29 is 9.53 Å². The van der Waals surface area contributed by atoms with Crippen molar-refractivity contribution in [1.29, 1.82) is 0 Å². The van der Waals surface area contributed by atoms with Crippen LogP contribution in [0.15, 0.2) is 4.90 Å². The molecule has 1 aromatic heterocycles. The van der Waals surface area contributed by atoms with Crippen LogP contribution in [0.25, 0.3) is 0 Å². The molecular formula is C14H22N2O2S2.